The van der Waals surface area contributed by atoms with E-state index >= 15 is 0 Å². The van der Waals surface area contributed by atoms with Crippen LogP contribution in [0, 0.1) is 6.92 Å². The van der Waals surface area contributed by atoms with Gasteiger partial charge in [-0.25, -0.2) is 9.78 Å². The Balaban J connectivity index is 2.80. The van der Waals surface area contributed by atoms with E-state index in [1.807, 2.05) is 6.92 Å². The Kier molecular flexibility index (Phi) is 2.00. The number of rotatable bonds is 1. The van der Waals surface area contributed by atoms with Gasteiger partial charge in [-0.1, -0.05) is 0 Å². The minimum atomic E-state index is -1.27. The van der Waals surface area contributed by atoms with E-state index in [-0.39, 0.29) is 17.0 Å². The highest BCUT2D eigenvalue weighted by molar-refractivity contribution is 5.96. The van der Waals surface area contributed by atoms with Crippen LogP contribution in [0.2, 0.25) is 0 Å². The fourth-order valence-electron chi connectivity index (χ4n) is 1.35. The number of carboxylic acids is 1. The third-order valence-corrected chi connectivity index (χ3v) is 2.04. The standard InChI is InChI=1S/C10H8N2O3/c1-5-2-6-4-12-8(10(14)15)9(13)7(6)11-3-5/h2-4,13H,1H3,(H,14,15). The summed E-state index contributed by atoms with van der Waals surface area (Å²) in [7, 11) is 0. The van der Waals surface area contributed by atoms with E-state index in [1.165, 1.54) is 6.20 Å². The van der Waals surface area contributed by atoms with Crippen LogP contribution in [0.4, 0.5) is 0 Å². The summed E-state index contributed by atoms with van der Waals surface area (Å²) in [6.45, 7) is 1.86. The molecule has 5 heteroatoms. The molecule has 2 heterocycles. The van der Waals surface area contributed by atoms with Gasteiger partial charge in [-0.2, -0.15) is 0 Å². The van der Waals surface area contributed by atoms with Crippen molar-refractivity contribution in [1.29, 1.82) is 0 Å². The minimum Gasteiger partial charge on any atom is -0.504 e. The summed E-state index contributed by atoms with van der Waals surface area (Å²) < 4.78 is 0. The Bertz CT molecular complexity index is 552. The molecule has 0 aliphatic carbocycles. The monoisotopic (exact) mass is 204 g/mol. The molecule has 0 aliphatic rings. The quantitative estimate of drug-likeness (QED) is 0.732. The number of aryl methyl sites for hydroxylation is 1. The van der Waals surface area contributed by atoms with Gasteiger partial charge in [0.1, 0.15) is 5.52 Å². The Hall–Kier alpha value is -2.17. The molecule has 0 aliphatic heterocycles. The Morgan fingerprint density at radius 3 is 2.73 bits per heavy atom. The molecule has 2 aromatic heterocycles. The lowest BCUT2D eigenvalue weighted by molar-refractivity contribution is 0.0687. The number of pyridine rings is 2. The highest BCUT2D eigenvalue weighted by Crippen LogP contribution is 2.25. The van der Waals surface area contributed by atoms with Crippen LogP contribution < -0.4 is 0 Å². The number of carbonyl (C=O) groups is 1. The lowest BCUT2D eigenvalue weighted by Crippen LogP contribution is -2.01. The molecule has 2 aromatic rings. The van der Waals surface area contributed by atoms with Crippen molar-refractivity contribution >= 4 is 16.9 Å². The summed E-state index contributed by atoms with van der Waals surface area (Å²) in [6.07, 6.45) is 2.95. The molecule has 0 atom stereocenters. The summed E-state index contributed by atoms with van der Waals surface area (Å²) in [5.41, 5.74) is 0.804. The number of hydrogen-bond acceptors (Lipinski definition) is 4. The summed E-state index contributed by atoms with van der Waals surface area (Å²) >= 11 is 0. The van der Waals surface area contributed by atoms with Crippen LogP contribution in [-0.4, -0.2) is 26.2 Å². The van der Waals surface area contributed by atoms with E-state index in [9.17, 15) is 9.90 Å². The van der Waals surface area contributed by atoms with Crippen molar-refractivity contribution < 1.29 is 15.0 Å². The zero-order chi connectivity index (χ0) is 11.0. The van der Waals surface area contributed by atoms with Crippen molar-refractivity contribution in [2.24, 2.45) is 0 Å². The molecule has 0 aromatic carbocycles. The molecule has 0 spiro atoms. The van der Waals surface area contributed by atoms with Crippen LogP contribution >= 0.6 is 0 Å². The van der Waals surface area contributed by atoms with Gasteiger partial charge in [0, 0.05) is 17.8 Å². The second kappa shape index (κ2) is 3.20. The molecule has 0 bridgehead atoms. The number of nitrogens with zero attached hydrogens (tertiary/aromatic N) is 2. The SMILES string of the molecule is Cc1cnc2c(O)c(C(=O)O)ncc2c1. The van der Waals surface area contributed by atoms with E-state index in [2.05, 4.69) is 9.97 Å². The molecule has 2 rings (SSSR count). The summed E-state index contributed by atoms with van der Waals surface area (Å²) in [5, 5.41) is 19.0. The van der Waals surface area contributed by atoms with Gasteiger partial charge in [0.05, 0.1) is 0 Å². The van der Waals surface area contributed by atoms with Gasteiger partial charge in [0.15, 0.2) is 11.4 Å². The highest BCUT2D eigenvalue weighted by Gasteiger charge is 2.14. The van der Waals surface area contributed by atoms with Gasteiger partial charge in [0.2, 0.25) is 0 Å². The predicted molar refractivity (Wildman–Crippen MR) is 52.9 cm³/mol. The van der Waals surface area contributed by atoms with Crippen LogP contribution in [0.3, 0.4) is 0 Å². The van der Waals surface area contributed by atoms with Crippen molar-refractivity contribution in [2.75, 3.05) is 0 Å². The average molecular weight is 204 g/mol. The molecule has 0 unspecified atom stereocenters. The van der Waals surface area contributed by atoms with E-state index in [1.54, 1.807) is 12.3 Å². The van der Waals surface area contributed by atoms with E-state index < -0.39 is 5.97 Å². The smallest absolute Gasteiger partial charge is 0.358 e. The highest BCUT2D eigenvalue weighted by atomic mass is 16.4. The maximum atomic E-state index is 10.7. The molecule has 0 saturated heterocycles. The van der Waals surface area contributed by atoms with E-state index in [4.69, 9.17) is 5.11 Å². The van der Waals surface area contributed by atoms with Crippen molar-refractivity contribution in [2.45, 2.75) is 6.92 Å². The number of aromatic carboxylic acids is 1. The number of aromatic hydroxyl groups is 1. The van der Waals surface area contributed by atoms with Crippen molar-refractivity contribution in [3.8, 4) is 5.75 Å². The maximum absolute atomic E-state index is 10.7. The van der Waals surface area contributed by atoms with E-state index in [0.717, 1.165) is 5.56 Å². The first kappa shape index (κ1) is 9.39. The number of aromatic nitrogens is 2. The average Bonchev–Trinajstić information content (AvgIpc) is 2.17. The molecule has 5 nitrogen and oxygen atoms in total. The van der Waals surface area contributed by atoms with Crippen molar-refractivity contribution in [1.82, 2.24) is 9.97 Å². The minimum absolute atomic E-state index is 0.257. The molecule has 0 saturated carbocycles. The summed E-state index contributed by atoms with van der Waals surface area (Å²) in [4.78, 5) is 18.3. The Morgan fingerprint density at radius 2 is 2.07 bits per heavy atom. The van der Waals surface area contributed by atoms with Crippen molar-refractivity contribution in [3.63, 3.8) is 0 Å². The zero-order valence-electron chi connectivity index (χ0n) is 7.93. The molecule has 0 amide bonds. The second-order valence-electron chi connectivity index (χ2n) is 3.21. The van der Waals surface area contributed by atoms with Gasteiger partial charge < -0.3 is 10.2 Å². The first-order chi connectivity index (χ1) is 7.09. The molecular formula is C10H8N2O3. The molecular weight excluding hydrogens is 196 g/mol. The third-order valence-electron chi connectivity index (χ3n) is 2.04. The lowest BCUT2D eigenvalue weighted by atomic mass is 10.2. The largest absolute Gasteiger partial charge is 0.504 e. The molecule has 2 N–H and O–H groups in total. The van der Waals surface area contributed by atoms with Gasteiger partial charge >= 0.3 is 5.97 Å². The fourth-order valence-corrected chi connectivity index (χ4v) is 1.35. The summed E-state index contributed by atoms with van der Waals surface area (Å²) in [5.74, 6) is -1.66. The number of carboxylic acid groups (broad SMARTS) is 1. The molecule has 0 radical (unpaired) electrons. The third kappa shape index (κ3) is 1.48. The first-order valence-corrected chi connectivity index (χ1v) is 4.27. The van der Waals surface area contributed by atoms with Gasteiger partial charge in [0.25, 0.3) is 0 Å². The molecule has 15 heavy (non-hydrogen) atoms. The Morgan fingerprint density at radius 1 is 1.33 bits per heavy atom. The van der Waals surface area contributed by atoms with Gasteiger partial charge in [-0.15, -0.1) is 0 Å². The van der Waals surface area contributed by atoms with Crippen LogP contribution in [0.25, 0.3) is 10.9 Å². The van der Waals surface area contributed by atoms with Crippen LogP contribution in [0.15, 0.2) is 18.5 Å². The van der Waals surface area contributed by atoms with Crippen LogP contribution in [0.5, 0.6) is 5.75 Å². The Labute approximate surface area is 85.0 Å². The topological polar surface area (TPSA) is 83.3 Å². The van der Waals surface area contributed by atoms with Crippen LogP contribution in [0.1, 0.15) is 16.1 Å². The normalized spacial score (nSPS) is 10.5. The van der Waals surface area contributed by atoms with Crippen molar-refractivity contribution in [3.05, 3.63) is 29.7 Å². The van der Waals surface area contributed by atoms with E-state index in [0.29, 0.717) is 5.39 Å². The lowest BCUT2D eigenvalue weighted by Gasteiger charge is -2.03. The molecule has 0 fully saturated rings. The fraction of sp³-hybridized carbons (Fsp3) is 0.100. The van der Waals surface area contributed by atoms with Gasteiger partial charge in [-0.3, -0.25) is 4.98 Å². The second-order valence-corrected chi connectivity index (χ2v) is 3.21. The number of fused-ring (bicyclic) bond motifs is 1. The first-order valence-electron chi connectivity index (χ1n) is 4.27. The number of hydrogen-bond donors (Lipinski definition) is 2. The maximum Gasteiger partial charge on any atom is 0.358 e. The van der Waals surface area contributed by atoms with Crippen LogP contribution in [-0.2, 0) is 0 Å². The van der Waals surface area contributed by atoms with Gasteiger partial charge in [-0.05, 0) is 18.6 Å². The molecule has 76 valence electrons. The zero-order valence-corrected chi connectivity index (χ0v) is 7.93. The predicted octanol–water partition coefficient (Wildman–Crippen LogP) is 1.34. The summed E-state index contributed by atoms with van der Waals surface area (Å²) in [6, 6.07) is 1.78.